The van der Waals surface area contributed by atoms with Gasteiger partial charge < -0.3 is 25.4 Å². The summed E-state index contributed by atoms with van der Waals surface area (Å²) < 4.78 is 12.4. The summed E-state index contributed by atoms with van der Waals surface area (Å²) in [5.74, 6) is 1.37. The van der Waals surface area contributed by atoms with Crippen LogP contribution in [0.2, 0.25) is 0 Å². The van der Waals surface area contributed by atoms with Crippen molar-refractivity contribution in [1.82, 2.24) is 30.2 Å². The van der Waals surface area contributed by atoms with E-state index in [9.17, 15) is 4.79 Å². The van der Waals surface area contributed by atoms with E-state index in [0.717, 1.165) is 63.2 Å². The van der Waals surface area contributed by atoms with E-state index < -0.39 is 0 Å². The van der Waals surface area contributed by atoms with Crippen LogP contribution in [0.15, 0.2) is 84.1 Å². The van der Waals surface area contributed by atoms with E-state index in [1.165, 1.54) is 62.2 Å². The molecule has 6 aromatic heterocycles. The maximum atomic E-state index is 9.77. The first-order chi connectivity index (χ1) is 29.9. The average Bonchev–Trinajstić information content (AvgIpc) is 4.07. The van der Waals surface area contributed by atoms with Gasteiger partial charge in [-0.25, -0.2) is 19.9 Å². The summed E-state index contributed by atoms with van der Waals surface area (Å²) in [7, 11) is 0. The standard InChI is InChI=1S/C23H24N4OS2.C20H20N4S2.C3H4O2/c1-14-17(3-2-8-27(14)16-11-28-12-16)22-10-18-19(6-7-24-23(18)30-22)26-15-4-5-21-20(9-15)25-13-29-21;1-12-14(3-2-7-21-12)19-10-15-16(6-8-22-20(15)26-19)24-13-4-5-18-17(9-13)23-11-25-18;4-3-1-5-2-3/h4-7,9-10,13-14,16-17H,2-3,8,11-12H2,1H3,(H,24,26);4-6,8-12,14,21H,2-3,7H2,1H3,(H,22,24);1-2H2. The van der Waals surface area contributed by atoms with Gasteiger partial charge in [-0.1, -0.05) is 0 Å². The minimum atomic E-state index is 0.213. The summed E-state index contributed by atoms with van der Waals surface area (Å²) in [6, 6.07) is 23.3. The maximum Gasteiger partial charge on any atom is 0.184 e. The number of nitrogens with zero attached hydrogens (tertiary/aromatic N) is 5. The molecule has 0 aliphatic carbocycles. The number of rotatable bonds is 7. The van der Waals surface area contributed by atoms with E-state index in [1.54, 1.807) is 22.7 Å². The number of nitrogens with one attached hydrogen (secondary N) is 3. The summed E-state index contributed by atoms with van der Waals surface area (Å²) in [5.41, 5.74) is 10.2. The van der Waals surface area contributed by atoms with Crippen molar-refractivity contribution in [1.29, 1.82) is 0 Å². The number of fused-ring (bicyclic) bond motifs is 4. The number of thiazole rings is 2. The third kappa shape index (κ3) is 8.80. The predicted octanol–water partition coefficient (Wildman–Crippen LogP) is 10.7. The van der Waals surface area contributed by atoms with Crippen LogP contribution in [0, 0.1) is 0 Å². The molecule has 4 aliphatic heterocycles. The number of aromatic nitrogens is 4. The van der Waals surface area contributed by atoms with Gasteiger partial charge in [0.25, 0.3) is 0 Å². The van der Waals surface area contributed by atoms with Crippen LogP contribution < -0.4 is 16.0 Å². The molecule has 15 heteroatoms. The van der Waals surface area contributed by atoms with Crippen molar-refractivity contribution in [3.63, 3.8) is 0 Å². The molecular formula is C46H48N8O3S4. The van der Waals surface area contributed by atoms with Crippen LogP contribution in [0.25, 0.3) is 40.9 Å². The second kappa shape index (κ2) is 18.1. The summed E-state index contributed by atoms with van der Waals surface area (Å²) in [4.78, 5) is 35.7. The van der Waals surface area contributed by atoms with Gasteiger partial charge in [-0.2, -0.15) is 0 Å². The largest absolute Gasteiger partial charge is 0.378 e. The van der Waals surface area contributed by atoms with Gasteiger partial charge in [0.1, 0.15) is 22.9 Å². The zero-order chi connectivity index (χ0) is 41.3. The first kappa shape index (κ1) is 40.6. The number of thiophene rings is 2. The van der Waals surface area contributed by atoms with Crippen LogP contribution >= 0.6 is 45.3 Å². The highest BCUT2D eigenvalue weighted by Crippen LogP contribution is 2.42. The second-order valence-electron chi connectivity index (χ2n) is 16.2. The van der Waals surface area contributed by atoms with Gasteiger partial charge >= 0.3 is 0 Å². The average molecular weight is 889 g/mol. The number of piperidine rings is 2. The molecule has 12 rings (SSSR count). The molecular weight excluding hydrogens is 841 g/mol. The fourth-order valence-electron chi connectivity index (χ4n) is 8.78. The maximum absolute atomic E-state index is 9.77. The van der Waals surface area contributed by atoms with E-state index in [0.29, 0.717) is 43.2 Å². The number of Topliss-reactive ketones (excluding diaryl/α,β-unsaturated/α-hetero) is 1. The fourth-order valence-corrected chi connectivity index (χ4v) is 12.6. The fraction of sp³-hybridized carbons (Fsp3) is 0.370. The molecule has 4 fully saturated rings. The lowest BCUT2D eigenvalue weighted by atomic mass is 9.87. The quantitative estimate of drug-likeness (QED) is 0.142. The van der Waals surface area contributed by atoms with E-state index in [-0.39, 0.29) is 5.78 Å². The Morgan fingerprint density at radius 3 is 1.80 bits per heavy atom. The Hall–Kier alpha value is -4.45. The molecule has 4 saturated heterocycles. The molecule has 8 aromatic rings. The number of hydrogen-bond donors (Lipinski definition) is 3. The number of hydrogen-bond acceptors (Lipinski definition) is 15. The van der Waals surface area contributed by atoms with E-state index in [2.05, 4.69) is 120 Å². The zero-order valence-corrected chi connectivity index (χ0v) is 37.4. The van der Waals surface area contributed by atoms with Gasteiger partial charge in [-0.15, -0.1) is 45.3 Å². The summed E-state index contributed by atoms with van der Waals surface area (Å²) in [5, 5.41) is 13.2. The highest BCUT2D eigenvalue weighted by Gasteiger charge is 2.37. The van der Waals surface area contributed by atoms with Crippen LogP contribution in [0.3, 0.4) is 0 Å². The highest BCUT2D eigenvalue weighted by atomic mass is 32.1. The van der Waals surface area contributed by atoms with Crippen molar-refractivity contribution < 1.29 is 14.3 Å². The van der Waals surface area contributed by atoms with Crippen LogP contribution in [-0.2, 0) is 14.3 Å². The molecule has 4 atom stereocenters. The Balaban J connectivity index is 0.000000132. The molecule has 0 saturated carbocycles. The van der Waals surface area contributed by atoms with Crippen LogP contribution in [0.1, 0.15) is 61.1 Å². The lowest BCUT2D eigenvalue weighted by Gasteiger charge is -2.46. The van der Waals surface area contributed by atoms with Crippen LogP contribution in [0.4, 0.5) is 22.7 Å². The molecule has 2 aromatic carbocycles. The highest BCUT2D eigenvalue weighted by molar-refractivity contribution is 7.19. The molecule has 61 heavy (non-hydrogen) atoms. The summed E-state index contributed by atoms with van der Waals surface area (Å²) in [6.45, 7) is 9.49. The molecule has 0 amide bonds. The van der Waals surface area contributed by atoms with Crippen molar-refractivity contribution in [2.45, 2.75) is 69.5 Å². The molecule has 10 heterocycles. The van der Waals surface area contributed by atoms with Crippen LogP contribution in [-0.4, -0.2) is 88.3 Å². The summed E-state index contributed by atoms with van der Waals surface area (Å²) >= 11 is 7.03. The first-order valence-electron chi connectivity index (χ1n) is 21.1. The third-order valence-electron chi connectivity index (χ3n) is 12.3. The number of pyridine rings is 2. The number of carbonyl (C=O) groups is 1. The predicted molar refractivity (Wildman–Crippen MR) is 253 cm³/mol. The monoisotopic (exact) mass is 888 g/mol. The number of ether oxygens (including phenoxy) is 2. The molecule has 0 spiro atoms. The number of carbonyl (C=O) groups excluding carboxylic acids is 1. The minimum absolute atomic E-state index is 0.213. The van der Waals surface area contributed by atoms with Crippen molar-refractivity contribution in [3.05, 3.63) is 93.8 Å². The van der Waals surface area contributed by atoms with Crippen molar-refractivity contribution >= 4 is 115 Å². The lowest BCUT2D eigenvalue weighted by molar-refractivity contribution is -0.140. The Morgan fingerprint density at radius 1 is 0.705 bits per heavy atom. The molecule has 11 nitrogen and oxygen atoms in total. The molecule has 0 radical (unpaired) electrons. The number of anilines is 4. The van der Waals surface area contributed by atoms with Crippen LogP contribution in [0.5, 0.6) is 0 Å². The Morgan fingerprint density at radius 2 is 1.28 bits per heavy atom. The Labute approximate surface area is 370 Å². The molecule has 0 bridgehead atoms. The van der Waals surface area contributed by atoms with Gasteiger partial charge in [0.05, 0.1) is 62.1 Å². The Kier molecular flexibility index (Phi) is 12.1. The zero-order valence-electron chi connectivity index (χ0n) is 34.1. The number of likely N-dealkylation sites (tertiary alicyclic amines) is 1. The molecule has 314 valence electrons. The van der Waals surface area contributed by atoms with E-state index in [1.807, 2.05) is 46.1 Å². The van der Waals surface area contributed by atoms with Crippen molar-refractivity contribution in [2.75, 3.05) is 50.2 Å². The SMILES string of the molecule is CC1C(c2cc3c(Nc4ccc5scnc5c4)ccnc3s2)CCCN1C1COC1.CC1NCCCC1c1cc2c(Nc3ccc4scnc4c3)ccnc2s1.O=C1COC1. The summed E-state index contributed by atoms with van der Waals surface area (Å²) in [6.07, 6.45) is 8.82. The van der Waals surface area contributed by atoms with Gasteiger partial charge in [0, 0.05) is 68.2 Å². The molecule has 4 unspecified atom stereocenters. The van der Waals surface area contributed by atoms with Gasteiger partial charge in [-0.3, -0.25) is 9.69 Å². The molecule has 4 aliphatic rings. The molecule has 3 N–H and O–H groups in total. The lowest BCUT2D eigenvalue weighted by Crippen LogP contribution is -2.56. The Bertz CT molecular complexity index is 2790. The topological polar surface area (TPSA) is 126 Å². The van der Waals surface area contributed by atoms with Crippen molar-refractivity contribution in [3.8, 4) is 0 Å². The van der Waals surface area contributed by atoms with E-state index in [4.69, 9.17) is 4.74 Å². The van der Waals surface area contributed by atoms with E-state index >= 15 is 0 Å². The minimum Gasteiger partial charge on any atom is -0.378 e. The first-order valence-corrected chi connectivity index (χ1v) is 24.5. The smallest absolute Gasteiger partial charge is 0.184 e. The van der Waals surface area contributed by atoms with Gasteiger partial charge in [-0.05, 0) is 113 Å². The second-order valence-corrected chi connectivity index (χ2v) is 20.1. The van der Waals surface area contributed by atoms with Gasteiger partial charge in [0.15, 0.2) is 5.78 Å². The third-order valence-corrected chi connectivity index (χ3v) is 16.2. The normalized spacial score (nSPS) is 22.0. The number of ketones is 1. The van der Waals surface area contributed by atoms with Crippen molar-refractivity contribution in [2.24, 2.45) is 0 Å². The number of benzene rings is 2. The van der Waals surface area contributed by atoms with Gasteiger partial charge in [0.2, 0.25) is 0 Å².